The van der Waals surface area contributed by atoms with Crippen LogP contribution in [-0.4, -0.2) is 32.7 Å². The number of aromatic nitrogens is 3. The SMILES string of the molecule is Cc1cc(C(=O)OC(C)C(=O)Nc2ccccc2-c2ccccc2)c2cnn(C(C)C)c2n1. The summed E-state index contributed by atoms with van der Waals surface area (Å²) in [5, 5.41) is 7.84. The Morgan fingerprint density at radius 1 is 1.00 bits per heavy atom. The lowest BCUT2D eigenvalue weighted by molar-refractivity contribution is -0.123. The Labute approximate surface area is 192 Å². The fourth-order valence-electron chi connectivity index (χ4n) is 3.66. The molecule has 1 N–H and O–H groups in total. The number of anilines is 1. The third-order valence-electron chi connectivity index (χ3n) is 5.33. The maximum absolute atomic E-state index is 13.0. The van der Waals surface area contributed by atoms with E-state index in [-0.39, 0.29) is 6.04 Å². The third-order valence-corrected chi connectivity index (χ3v) is 5.33. The fraction of sp³-hybridized carbons (Fsp3) is 0.231. The summed E-state index contributed by atoms with van der Waals surface area (Å²) in [5.74, 6) is -1.00. The smallest absolute Gasteiger partial charge is 0.339 e. The van der Waals surface area contributed by atoms with Gasteiger partial charge in [-0.05, 0) is 45.4 Å². The molecule has 0 aliphatic carbocycles. The van der Waals surface area contributed by atoms with Crippen LogP contribution in [0.2, 0.25) is 0 Å². The number of carbonyl (C=O) groups is 2. The highest BCUT2D eigenvalue weighted by molar-refractivity contribution is 6.04. The number of fused-ring (bicyclic) bond motifs is 1. The van der Waals surface area contributed by atoms with Gasteiger partial charge in [-0.1, -0.05) is 48.5 Å². The van der Waals surface area contributed by atoms with Crippen LogP contribution in [0.25, 0.3) is 22.2 Å². The summed E-state index contributed by atoms with van der Waals surface area (Å²) in [6, 6.07) is 19.0. The molecule has 4 rings (SSSR count). The molecule has 168 valence electrons. The maximum atomic E-state index is 13.0. The largest absolute Gasteiger partial charge is 0.449 e. The summed E-state index contributed by atoms with van der Waals surface area (Å²) >= 11 is 0. The predicted octanol–water partition coefficient (Wildman–Crippen LogP) is 5.17. The molecule has 2 aromatic heterocycles. The minimum atomic E-state index is -0.995. The van der Waals surface area contributed by atoms with Crippen LogP contribution in [-0.2, 0) is 9.53 Å². The number of nitrogens with one attached hydrogen (secondary N) is 1. The minimum absolute atomic E-state index is 0.0926. The van der Waals surface area contributed by atoms with Crippen LogP contribution in [0.3, 0.4) is 0 Å². The highest BCUT2D eigenvalue weighted by Gasteiger charge is 2.23. The average molecular weight is 443 g/mol. The average Bonchev–Trinajstić information content (AvgIpc) is 3.23. The van der Waals surface area contributed by atoms with Gasteiger partial charge in [0.1, 0.15) is 0 Å². The second-order valence-electron chi connectivity index (χ2n) is 8.18. The number of esters is 1. The number of carbonyl (C=O) groups excluding carboxylic acids is 2. The zero-order chi connectivity index (χ0) is 23.5. The molecule has 0 saturated heterocycles. The lowest BCUT2D eigenvalue weighted by Crippen LogP contribution is -2.30. The van der Waals surface area contributed by atoms with Crippen LogP contribution in [0, 0.1) is 6.92 Å². The van der Waals surface area contributed by atoms with Crippen molar-refractivity contribution in [1.29, 1.82) is 0 Å². The zero-order valence-electron chi connectivity index (χ0n) is 19.1. The van der Waals surface area contributed by atoms with Gasteiger partial charge < -0.3 is 10.1 Å². The molecular weight excluding hydrogens is 416 g/mol. The van der Waals surface area contributed by atoms with Crippen LogP contribution in [0.5, 0.6) is 0 Å². The second-order valence-corrected chi connectivity index (χ2v) is 8.18. The van der Waals surface area contributed by atoms with Gasteiger partial charge in [0.2, 0.25) is 0 Å². The molecule has 0 saturated carbocycles. The first-order valence-corrected chi connectivity index (χ1v) is 10.9. The highest BCUT2D eigenvalue weighted by Crippen LogP contribution is 2.28. The number of hydrogen-bond acceptors (Lipinski definition) is 5. The Kier molecular flexibility index (Phi) is 6.22. The Balaban J connectivity index is 1.54. The van der Waals surface area contributed by atoms with Crippen LogP contribution >= 0.6 is 0 Å². The number of nitrogens with zero attached hydrogens (tertiary/aromatic N) is 3. The van der Waals surface area contributed by atoms with Crippen LogP contribution in [0.15, 0.2) is 66.9 Å². The fourth-order valence-corrected chi connectivity index (χ4v) is 3.66. The topological polar surface area (TPSA) is 86.1 Å². The first kappa shape index (κ1) is 22.2. The molecule has 2 aromatic carbocycles. The van der Waals surface area contributed by atoms with Crippen molar-refractivity contribution in [3.05, 3.63) is 78.1 Å². The van der Waals surface area contributed by atoms with Crippen LogP contribution < -0.4 is 5.32 Å². The number of para-hydroxylation sites is 1. The standard InChI is InChI=1S/C26H26N4O3/c1-16(2)30-24-22(15-27-30)21(14-17(3)28-24)26(32)33-18(4)25(31)29-23-13-9-8-12-20(23)19-10-6-5-7-11-19/h5-16,18H,1-4H3,(H,29,31). The monoisotopic (exact) mass is 442 g/mol. The van der Waals surface area contributed by atoms with Crippen molar-refractivity contribution in [2.75, 3.05) is 5.32 Å². The number of ether oxygens (including phenoxy) is 1. The zero-order valence-corrected chi connectivity index (χ0v) is 19.1. The molecule has 0 bridgehead atoms. The summed E-state index contributed by atoms with van der Waals surface area (Å²) in [6.07, 6.45) is 0.615. The van der Waals surface area contributed by atoms with Crippen molar-refractivity contribution in [3.63, 3.8) is 0 Å². The van der Waals surface area contributed by atoms with Gasteiger partial charge in [0.15, 0.2) is 11.8 Å². The van der Waals surface area contributed by atoms with E-state index in [2.05, 4.69) is 15.4 Å². The quantitative estimate of drug-likeness (QED) is 0.416. The molecule has 0 aliphatic rings. The van der Waals surface area contributed by atoms with E-state index >= 15 is 0 Å². The molecule has 7 nitrogen and oxygen atoms in total. The van der Waals surface area contributed by atoms with Gasteiger partial charge in [0.05, 0.1) is 17.1 Å². The molecule has 1 unspecified atom stereocenters. The van der Waals surface area contributed by atoms with E-state index in [9.17, 15) is 9.59 Å². The molecule has 0 aliphatic heterocycles. The normalized spacial score (nSPS) is 12.0. The Bertz CT molecular complexity index is 1310. The van der Waals surface area contributed by atoms with Gasteiger partial charge in [-0.15, -0.1) is 0 Å². The summed E-state index contributed by atoms with van der Waals surface area (Å²) in [5.41, 5.74) is 4.15. The maximum Gasteiger partial charge on any atom is 0.339 e. The number of benzene rings is 2. The van der Waals surface area contributed by atoms with E-state index in [4.69, 9.17) is 4.74 Å². The van der Waals surface area contributed by atoms with Crippen molar-refractivity contribution in [1.82, 2.24) is 14.8 Å². The lowest BCUT2D eigenvalue weighted by atomic mass is 10.0. The van der Waals surface area contributed by atoms with Gasteiger partial charge in [-0.25, -0.2) is 14.5 Å². The van der Waals surface area contributed by atoms with Gasteiger partial charge in [0.25, 0.3) is 5.91 Å². The molecular formula is C26H26N4O3. The molecule has 7 heteroatoms. The summed E-state index contributed by atoms with van der Waals surface area (Å²) in [6.45, 7) is 7.36. The Morgan fingerprint density at radius 3 is 2.42 bits per heavy atom. The molecule has 2 heterocycles. The molecule has 0 fully saturated rings. The van der Waals surface area contributed by atoms with Crippen molar-refractivity contribution in [2.24, 2.45) is 0 Å². The van der Waals surface area contributed by atoms with Crippen molar-refractivity contribution < 1.29 is 14.3 Å². The molecule has 33 heavy (non-hydrogen) atoms. The number of hydrogen-bond donors (Lipinski definition) is 1. The van der Waals surface area contributed by atoms with Crippen molar-refractivity contribution in [3.8, 4) is 11.1 Å². The first-order valence-electron chi connectivity index (χ1n) is 10.9. The number of rotatable bonds is 6. The third kappa shape index (κ3) is 4.62. The van der Waals surface area contributed by atoms with E-state index in [1.165, 1.54) is 0 Å². The van der Waals surface area contributed by atoms with Crippen molar-refractivity contribution >= 4 is 28.6 Å². The van der Waals surface area contributed by atoms with E-state index in [1.54, 1.807) is 23.9 Å². The Hall–Kier alpha value is -4.00. The second kappa shape index (κ2) is 9.24. The summed E-state index contributed by atoms with van der Waals surface area (Å²) < 4.78 is 7.29. The highest BCUT2D eigenvalue weighted by atomic mass is 16.5. The van der Waals surface area contributed by atoms with Crippen LogP contribution in [0.4, 0.5) is 5.69 Å². The molecule has 1 atom stereocenters. The first-order chi connectivity index (χ1) is 15.8. The lowest BCUT2D eigenvalue weighted by Gasteiger charge is -2.16. The summed E-state index contributed by atoms with van der Waals surface area (Å²) in [4.78, 5) is 30.4. The number of pyridine rings is 1. The molecule has 4 aromatic rings. The molecule has 1 amide bonds. The number of aryl methyl sites for hydroxylation is 1. The van der Waals surface area contributed by atoms with Gasteiger partial charge in [-0.3, -0.25) is 4.79 Å². The van der Waals surface area contributed by atoms with Gasteiger partial charge in [-0.2, -0.15) is 5.10 Å². The van der Waals surface area contributed by atoms with Crippen LogP contribution in [0.1, 0.15) is 42.9 Å². The van der Waals surface area contributed by atoms with E-state index in [0.29, 0.717) is 28.0 Å². The van der Waals surface area contributed by atoms with E-state index in [1.807, 2.05) is 75.4 Å². The summed E-state index contributed by atoms with van der Waals surface area (Å²) in [7, 11) is 0. The minimum Gasteiger partial charge on any atom is -0.449 e. The molecule has 0 spiro atoms. The Morgan fingerprint density at radius 2 is 1.70 bits per heavy atom. The molecule has 0 radical (unpaired) electrons. The van der Waals surface area contributed by atoms with Gasteiger partial charge in [0, 0.05) is 23.0 Å². The predicted molar refractivity (Wildman–Crippen MR) is 128 cm³/mol. The van der Waals surface area contributed by atoms with E-state index < -0.39 is 18.0 Å². The van der Waals surface area contributed by atoms with Crippen molar-refractivity contribution in [2.45, 2.75) is 39.8 Å². The number of amides is 1. The van der Waals surface area contributed by atoms with E-state index in [0.717, 1.165) is 11.1 Å². The van der Waals surface area contributed by atoms with Gasteiger partial charge >= 0.3 is 5.97 Å².